The Morgan fingerprint density at radius 3 is 2.77 bits per heavy atom. The number of hydrogen-bond acceptors (Lipinski definition) is 5. The van der Waals surface area contributed by atoms with Gasteiger partial charge in [0, 0.05) is 12.3 Å². The van der Waals surface area contributed by atoms with Gasteiger partial charge in [0.1, 0.15) is 11.6 Å². The quantitative estimate of drug-likeness (QED) is 0.162. The van der Waals surface area contributed by atoms with E-state index in [2.05, 4.69) is 20.5 Å². The second kappa shape index (κ2) is 11.2. The van der Waals surface area contributed by atoms with Crippen molar-refractivity contribution in [2.45, 2.75) is 57.7 Å². The first kappa shape index (κ1) is 24.0. The van der Waals surface area contributed by atoms with Crippen LogP contribution in [0.1, 0.15) is 51.4 Å². The molecule has 1 heterocycles. The highest BCUT2D eigenvalue weighted by Crippen LogP contribution is 2.28. The number of hydrogen-bond donors (Lipinski definition) is 3. The van der Waals surface area contributed by atoms with E-state index in [0.717, 1.165) is 12.8 Å². The number of halogens is 4. The molecule has 2 aliphatic rings. The average molecular weight is 448 g/mol. The van der Waals surface area contributed by atoms with Gasteiger partial charge in [0.2, 0.25) is 5.91 Å². The van der Waals surface area contributed by atoms with E-state index in [1.165, 1.54) is 6.08 Å². The maximum Gasteiger partial charge on any atom is 0.572 e. The molecule has 166 valence electrons. The number of unbranched alkanes of at least 4 members (excludes halogenated alkanes) is 1. The van der Waals surface area contributed by atoms with E-state index >= 15 is 0 Å². The van der Waals surface area contributed by atoms with E-state index in [1.54, 1.807) is 12.2 Å². The molecule has 0 spiro atoms. The monoisotopic (exact) mass is 448 g/mol. The van der Waals surface area contributed by atoms with E-state index in [4.69, 9.17) is 18.1 Å². The summed E-state index contributed by atoms with van der Waals surface area (Å²) in [7, 11) is 0. The zero-order chi connectivity index (χ0) is 22.1. The van der Waals surface area contributed by atoms with E-state index in [0.29, 0.717) is 36.2 Å². The molecule has 0 radical (unpaired) electrons. The van der Waals surface area contributed by atoms with Gasteiger partial charge in [0.25, 0.3) is 0 Å². The normalized spacial score (nSPS) is 19.2. The smallest absolute Gasteiger partial charge is 0.410 e. The summed E-state index contributed by atoms with van der Waals surface area (Å²) in [5, 5.41) is 2.49. The lowest BCUT2D eigenvalue weighted by Gasteiger charge is -2.19. The molecule has 0 bridgehead atoms. The first-order chi connectivity index (χ1) is 14.2. The number of rotatable bonds is 9. The fourth-order valence-corrected chi connectivity index (χ4v) is 3.27. The number of alkyl halides is 3. The SMILES string of the molecule is NNC(=S)CCCCC1CC=C(NC(=O)CC2=CCCC(OC(F)(F)F)=C2)N=C1F. The Morgan fingerprint density at radius 2 is 2.10 bits per heavy atom. The van der Waals surface area contributed by atoms with Gasteiger partial charge in [-0.3, -0.25) is 10.6 Å². The number of nitrogens with zero attached hydrogens (tertiary/aromatic N) is 1. The third kappa shape index (κ3) is 8.62. The number of nitrogens with two attached hydrogens (primary N) is 1. The molecule has 1 aliphatic heterocycles. The molecule has 4 N–H and O–H groups in total. The summed E-state index contributed by atoms with van der Waals surface area (Å²) in [6.07, 6.45) is 3.22. The number of carbonyl (C=O) groups excluding carboxylic acids is 1. The number of ether oxygens (including phenoxy) is 1. The van der Waals surface area contributed by atoms with Crippen LogP contribution in [0.25, 0.3) is 0 Å². The fourth-order valence-electron chi connectivity index (χ4n) is 3.13. The van der Waals surface area contributed by atoms with Crippen LogP contribution in [-0.2, 0) is 9.53 Å². The largest absolute Gasteiger partial charge is 0.572 e. The minimum absolute atomic E-state index is 0.106. The summed E-state index contributed by atoms with van der Waals surface area (Å²) in [5.41, 5.74) is 2.80. The number of nitrogens with one attached hydrogen (secondary N) is 2. The molecular weight excluding hydrogens is 424 g/mol. The van der Waals surface area contributed by atoms with Crippen molar-refractivity contribution in [2.75, 3.05) is 0 Å². The van der Waals surface area contributed by atoms with Crippen LogP contribution < -0.4 is 16.6 Å². The van der Waals surface area contributed by atoms with E-state index in [-0.39, 0.29) is 30.3 Å². The Balaban J connectivity index is 1.79. The minimum Gasteiger partial charge on any atom is -0.410 e. The van der Waals surface area contributed by atoms with Crippen LogP contribution in [0.5, 0.6) is 0 Å². The maximum absolute atomic E-state index is 14.2. The molecule has 1 atom stereocenters. The predicted octanol–water partition coefficient (Wildman–Crippen LogP) is 4.21. The van der Waals surface area contributed by atoms with Gasteiger partial charge in [-0.2, -0.15) is 4.39 Å². The van der Waals surface area contributed by atoms with Crippen molar-refractivity contribution in [1.82, 2.24) is 10.7 Å². The molecule has 0 aromatic rings. The molecule has 0 aromatic carbocycles. The van der Waals surface area contributed by atoms with Crippen molar-refractivity contribution in [1.29, 1.82) is 0 Å². The summed E-state index contributed by atoms with van der Waals surface area (Å²) >= 11 is 4.94. The number of aliphatic imine (C=N–C) groups is 1. The second-order valence-corrected chi connectivity index (χ2v) is 7.46. The fraction of sp³-hybridized carbons (Fsp3) is 0.526. The van der Waals surface area contributed by atoms with Crippen LogP contribution in [0.4, 0.5) is 17.6 Å². The predicted molar refractivity (Wildman–Crippen MR) is 108 cm³/mol. The van der Waals surface area contributed by atoms with Crippen LogP contribution in [0.15, 0.2) is 40.4 Å². The average Bonchev–Trinajstić information content (AvgIpc) is 2.65. The first-order valence-electron chi connectivity index (χ1n) is 9.55. The van der Waals surface area contributed by atoms with E-state index in [1.807, 2.05) is 0 Å². The van der Waals surface area contributed by atoms with Gasteiger partial charge in [-0.15, -0.1) is 13.2 Å². The molecule has 1 unspecified atom stereocenters. The molecule has 0 aromatic heterocycles. The van der Waals surface area contributed by atoms with Crippen molar-refractivity contribution in [3.63, 3.8) is 0 Å². The molecule has 1 amide bonds. The molecule has 11 heteroatoms. The Kier molecular flexibility index (Phi) is 8.97. The van der Waals surface area contributed by atoms with Gasteiger partial charge in [-0.1, -0.05) is 24.7 Å². The Labute approximate surface area is 177 Å². The zero-order valence-corrected chi connectivity index (χ0v) is 17.0. The summed E-state index contributed by atoms with van der Waals surface area (Å²) in [4.78, 5) is 16.5. The molecule has 0 saturated heterocycles. The summed E-state index contributed by atoms with van der Waals surface area (Å²) < 4.78 is 55.1. The van der Waals surface area contributed by atoms with Gasteiger partial charge in [-0.05, 0) is 49.8 Å². The Hall–Kier alpha value is -2.27. The van der Waals surface area contributed by atoms with Crippen LogP contribution in [0, 0.1) is 5.92 Å². The summed E-state index contributed by atoms with van der Waals surface area (Å²) in [6, 6.07) is 0. The van der Waals surface area contributed by atoms with Gasteiger partial charge in [0.15, 0.2) is 5.97 Å². The zero-order valence-electron chi connectivity index (χ0n) is 16.2. The highest BCUT2D eigenvalue weighted by molar-refractivity contribution is 7.80. The van der Waals surface area contributed by atoms with Crippen molar-refractivity contribution in [3.8, 4) is 0 Å². The van der Waals surface area contributed by atoms with Gasteiger partial charge in [-0.25, -0.2) is 4.99 Å². The summed E-state index contributed by atoms with van der Waals surface area (Å²) in [6.45, 7) is 0. The van der Waals surface area contributed by atoms with Gasteiger partial charge < -0.3 is 15.5 Å². The van der Waals surface area contributed by atoms with E-state index in [9.17, 15) is 22.4 Å². The van der Waals surface area contributed by atoms with Crippen molar-refractivity contribution >= 4 is 29.1 Å². The number of allylic oxidation sites excluding steroid dienone is 4. The number of carbonyl (C=O) groups is 1. The third-order valence-electron chi connectivity index (χ3n) is 4.55. The number of thiocarbonyl (C=S) groups is 1. The van der Waals surface area contributed by atoms with Crippen LogP contribution in [-0.4, -0.2) is 23.2 Å². The van der Waals surface area contributed by atoms with Crippen molar-refractivity contribution < 1.29 is 27.1 Å². The molecule has 0 fully saturated rings. The molecular formula is C19H24F4N4O2S. The summed E-state index contributed by atoms with van der Waals surface area (Å²) in [5.74, 6) is 3.67. The van der Waals surface area contributed by atoms with Gasteiger partial charge in [0.05, 0.1) is 11.4 Å². The van der Waals surface area contributed by atoms with Crippen LogP contribution in [0.2, 0.25) is 0 Å². The van der Waals surface area contributed by atoms with Crippen LogP contribution >= 0.6 is 12.2 Å². The lowest BCUT2D eigenvalue weighted by Crippen LogP contribution is -2.28. The number of hydrazine groups is 1. The maximum atomic E-state index is 14.2. The minimum atomic E-state index is -4.76. The molecule has 1 aliphatic carbocycles. The molecule has 6 nitrogen and oxygen atoms in total. The lowest BCUT2D eigenvalue weighted by atomic mass is 9.96. The topological polar surface area (TPSA) is 88.7 Å². The highest BCUT2D eigenvalue weighted by atomic mass is 32.1. The van der Waals surface area contributed by atoms with Crippen LogP contribution in [0.3, 0.4) is 0 Å². The standard InChI is InChI=1S/C19H24F4N4O2S/c20-18-13(5-1-2-7-17(30)27-24)8-9-15(26-18)25-16(28)11-12-4-3-6-14(10-12)29-19(21,22)23/h4,9-10,13H,1-3,5-8,11,24H2,(H,25,28)(H,27,30). The lowest BCUT2D eigenvalue weighted by molar-refractivity contribution is -0.306. The molecule has 30 heavy (non-hydrogen) atoms. The first-order valence-corrected chi connectivity index (χ1v) is 9.96. The molecule has 2 rings (SSSR count). The highest BCUT2D eigenvalue weighted by Gasteiger charge is 2.32. The molecule has 0 saturated carbocycles. The van der Waals surface area contributed by atoms with E-state index < -0.39 is 18.2 Å². The van der Waals surface area contributed by atoms with Gasteiger partial charge >= 0.3 is 6.36 Å². The second-order valence-electron chi connectivity index (χ2n) is 6.97. The third-order valence-corrected chi connectivity index (χ3v) is 4.87. The number of amides is 1. The Bertz CT molecular complexity index is 775. The van der Waals surface area contributed by atoms with Crippen molar-refractivity contribution in [3.05, 3.63) is 35.4 Å². The van der Waals surface area contributed by atoms with Crippen molar-refractivity contribution in [2.24, 2.45) is 16.8 Å². The Morgan fingerprint density at radius 1 is 1.33 bits per heavy atom.